The Labute approximate surface area is 90.3 Å². The third-order valence-electron chi connectivity index (χ3n) is 1.80. The van der Waals surface area contributed by atoms with E-state index in [0.717, 1.165) is 12.1 Å². The van der Waals surface area contributed by atoms with Crippen molar-refractivity contribution in [2.24, 2.45) is 5.92 Å². The molecule has 1 rings (SSSR count). The largest absolute Gasteiger partial charge is 0.205 e. The molecular formula is C10H5ClF2N2. The molecule has 0 saturated carbocycles. The maximum Gasteiger partial charge on any atom is 0.145 e. The van der Waals surface area contributed by atoms with Crippen molar-refractivity contribution < 1.29 is 8.78 Å². The molecule has 0 amide bonds. The molecule has 0 aromatic heterocycles. The molecule has 0 radical (unpaired) electrons. The molecule has 0 saturated heterocycles. The SMILES string of the molecule is N#CC(C#N)Cc1cc(F)c(Cl)c(F)c1. The van der Waals surface area contributed by atoms with Gasteiger partial charge in [-0.3, -0.25) is 0 Å². The summed E-state index contributed by atoms with van der Waals surface area (Å²) in [4.78, 5) is 0. The monoisotopic (exact) mass is 226 g/mol. The first-order valence-electron chi connectivity index (χ1n) is 4.01. The lowest BCUT2D eigenvalue weighted by Gasteiger charge is -2.03. The lowest BCUT2D eigenvalue weighted by atomic mass is 10.0. The quantitative estimate of drug-likeness (QED) is 0.728. The summed E-state index contributed by atoms with van der Waals surface area (Å²) in [6.45, 7) is 0. The van der Waals surface area contributed by atoms with E-state index < -0.39 is 22.6 Å². The Balaban J connectivity index is 2.99. The molecule has 76 valence electrons. The van der Waals surface area contributed by atoms with E-state index >= 15 is 0 Å². The highest BCUT2D eigenvalue weighted by Crippen LogP contribution is 2.21. The van der Waals surface area contributed by atoms with Crippen LogP contribution in [0.25, 0.3) is 0 Å². The standard InChI is InChI=1S/C10H5ClF2N2/c11-10-8(12)2-6(3-9(10)13)1-7(4-14)5-15/h2-3,7H,1H2. The Kier molecular flexibility index (Phi) is 3.60. The van der Waals surface area contributed by atoms with Crippen LogP contribution in [0.1, 0.15) is 5.56 Å². The summed E-state index contributed by atoms with van der Waals surface area (Å²) in [7, 11) is 0. The van der Waals surface area contributed by atoms with Crippen LogP contribution in [0.15, 0.2) is 12.1 Å². The minimum atomic E-state index is -0.912. The zero-order chi connectivity index (χ0) is 11.4. The van der Waals surface area contributed by atoms with Gasteiger partial charge in [0.25, 0.3) is 0 Å². The summed E-state index contributed by atoms with van der Waals surface area (Å²) < 4.78 is 25.9. The van der Waals surface area contributed by atoms with Gasteiger partial charge in [0.15, 0.2) is 0 Å². The first-order valence-corrected chi connectivity index (χ1v) is 4.39. The number of nitriles is 2. The second-order valence-corrected chi connectivity index (χ2v) is 3.27. The molecular weight excluding hydrogens is 222 g/mol. The Hall–Kier alpha value is -1.65. The lowest BCUT2D eigenvalue weighted by molar-refractivity contribution is 0.579. The molecule has 0 aliphatic carbocycles. The summed E-state index contributed by atoms with van der Waals surface area (Å²) in [6, 6.07) is 5.47. The van der Waals surface area contributed by atoms with E-state index in [2.05, 4.69) is 0 Å². The number of benzene rings is 1. The van der Waals surface area contributed by atoms with E-state index in [1.807, 2.05) is 0 Å². The van der Waals surface area contributed by atoms with E-state index in [4.69, 9.17) is 22.1 Å². The predicted octanol–water partition coefficient (Wildman–Crippen LogP) is 2.82. The molecule has 1 aromatic carbocycles. The fourth-order valence-electron chi connectivity index (χ4n) is 1.08. The number of hydrogen-bond donors (Lipinski definition) is 0. The van der Waals surface area contributed by atoms with Crippen LogP contribution in [-0.2, 0) is 6.42 Å². The molecule has 0 bridgehead atoms. The highest BCUT2D eigenvalue weighted by molar-refractivity contribution is 6.30. The van der Waals surface area contributed by atoms with Gasteiger partial charge in [-0.05, 0) is 17.7 Å². The summed E-state index contributed by atoms with van der Waals surface area (Å²) in [5, 5.41) is 16.4. The van der Waals surface area contributed by atoms with Gasteiger partial charge in [0.05, 0.1) is 12.1 Å². The number of nitrogens with zero attached hydrogens (tertiary/aromatic N) is 2. The van der Waals surface area contributed by atoms with Crippen molar-refractivity contribution in [3.63, 3.8) is 0 Å². The van der Waals surface area contributed by atoms with E-state index in [9.17, 15) is 8.78 Å². The van der Waals surface area contributed by atoms with Crippen LogP contribution in [0.5, 0.6) is 0 Å². The molecule has 0 aliphatic heterocycles. The maximum absolute atomic E-state index is 13.0. The third kappa shape index (κ3) is 2.65. The van der Waals surface area contributed by atoms with Crippen LogP contribution < -0.4 is 0 Å². The van der Waals surface area contributed by atoms with Crippen molar-refractivity contribution >= 4 is 11.6 Å². The Bertz CT molecular complexity index is 422. The van der Waals surface area contributed by atoms with Crippen LogP contribution in [0.3, 0.4) is 0 Å². The van der Waals surface area contributed by atoms with Gasteiger partial charge in [0.2, 0.25) is 0 Å². The zero-order valence-electron chi connectivity index (χ0n) is 7.47. The minimum absolute atomic E-state index is 0.0159. The normalized spacial score (nSPS) is 9.73. The molecule has 0 atom stereocenters. The molecule has 0 N–H and O–H groups in total. The molecule has 0 aliphatic rings. The van der Waals surface area contributed by atoms with Gasteiger partial charge in [-0.15, -0.1) is 0 Å². The summed E-state index contributed by atoms with van der Waals surface area (Å²) in [5.41, 5.74) is 0.238. The first-order chi connectivity index (χ1) is 7.08. The maximum atomic E-state index is 13.0. The van der Waals surface area contributed by atoms with Crippen molar-refractivity contribution in [2.75, 3.05) is 0 Å². The van der Waals surface area contributed by atoms with Gasteiger partial charge in [-0.25, -0.2) is 8.78 Å². The smallest absolute Gasteiger partial charge is 0.145 e. The molecule has 0 spiro atoms. The Morgan fingerprint density at radius 1 is 1.20 bits per heavy atom. The van der Waals surface area contributed by atoms with Gasteiger partial charge < -0.3 is 0 Å². The second kappa shape index (κ2) is 4.72. The molecule has 15 heavy (non-hydrogen) atoms. The summed E-state index contributed by atoms with van der Waals surface area (Å²) in [6.07, 6.45) is -0.0159. The fraction of sp³-hybridized carbons (Fsp3) is 0.200. The van der Waals surface area contributed by atoms with E-state index in [1.54, 1.807) is 12.1 Å². The molecule has 0 unspecified atom stereocenters. The number of rotatable bonds is 2. The first kappa shape index (κ1) is 11.4. The fourth-order valence-corrected chi connectivity index (χ4v) is 1.19. The Morgan fingerprint density at radius 2 is 1.67 bits per heavy atom. The lowest BCUT2D eigenvalue weighted by Crippen LogP contribution is -2.00. The number of halogens is 3. The van der Waals surface area contributed by atoms with Crippen molar-refractivity contribution in [2.45, 2.75) is 6.42 Å². The molecule has 1 aromatic rings. The number of hydrogen-bond acceptors (Lipinski definition) is 2. The summed E-state index contributed by atoms with van der Waals surface area (Å²) >= 11 is 5.27. The Morgan fingerprint density at radius 3 is 2.07 bits per heavy atom. The summed E-state index contributed by atoms with van der Waals surface area (Å²) in [5.74, 6) is -2.69. The average molecular weight is 227 g/mol. The van der Waals surface area contributed by atoms with Crippen molar-refractivity contribution in [3.8, 4) is 12.1 Å². The average Bonchev–Trinajstić information content (AvgIpc) is 2.22. The predicted molar refractivity (Wildman–Crippen MR) is 49.8 cm³/mol. The second-order valence-electron chi connectivity index (χ2n) is 2.89. The third-order valence-corrected chi connectivity index (χ3v) is 2.16. The van der Waals surface area contributed by atoms with E-state index in [0.29, 0.717) is 0 Å². The van der Waals surface area contributed by atoms with Crippen LogP contribution in [-0.4, -0.2) is 0 Å². The van der Waals surface area contributed by atoms with Gasteiger partial charge in [-0.2, -0.15) is 10.5 Å². The van der Waals surface area contributed by atoms with Crippen LogP contribution in [0, 0.1) is 40.2 Å². The molecule has 0 heterocycles. The van der Waals surface area contributed by atoms with E-state index in [-0.39, 0.29) is 12.0 Å². The van der Waals surface area contributed by atoms with Crippen LogP contribution in [0.4, 0.5) is 8.78 Å². The highest BCUT2D eigenvalue weighted by Gasteiger charge is 2.12. The van der Waals surface area contributed by atoms with Gasteiger partial charge in [0.1, 0.15) is 22.6 Å². The zero-order valence-corrected chi connectivity index (χ0v) is 8.22. The van der Waals surface area contributed by atoms with Crippen molar-refractivity contribution in [1.29, 1.82) is 10.5 Å². The topological polar surface area (TPSA) is 47.6 Å². The van der Waals surface area contributed by atoms with Crippen molar-refractivity contribution in [1.82, 2.24) is 0 Å². The molecule has 2 nitrogen and oxygen atoms in total. The molecule has 0 fully saturated rings. The van der Waals surface area contributed by atoms with Gasteiger partial charge in [0, 0.05) is 6.42 Å². The minimum Gasteiger partial charge on any atom is -0.205 e. The van der Waals surface area contributed by atoms with Crippen molar-refractivity contribution in [3.05, 3.63) is 34.4 Å². The van der Waals surface area contributed by atoms with Gasteiger partial charge >= 0.3 is 0 Å². The van der Waals surface area contributed by atoms with Crippen LogP contribution in [0.2, 0.25) is 5.02 Å². The van der Waals surface area contributed by atoms with Crippen LogP contribution >= 0.6 is 11.6 Å². The van der Waals surface area contributed by atoms with E-state index in [1.165, 1.54) is 0 Å². The van der Waals surface area contributed by atoms with Gasteiger partial charge in [-0.1, -0.05) is 11.6 Å². The highest BCUT2D eigenvalue weighted by atomic mass is 35.5. The molecule has 5 heteroatoms.